The molecule has 0 aliphatic heterocycles. The number of aryl methyl sites for hydroxylation is 2. The summed E-state index contributed by atoms with van der Waals surface area (Å²) in [7, 11) is 0. The zero-order valence-electron chi connectivity index (χ0n) is 11.0. The standard InChI is InChI=1S/C14H15N5S/c15-13(16)10-7-9-3-1-2-4-11(9)19-14(10)20-12-5-6-17-8-18-12/h5-8H,1-4H2,(H3,15,16). The van der Waals surface area contributed by atoms with Gasteiger partial charge in [-0.25, -0.2) is 15.0 Å². The molecule has 0 spiro atoms. The summed E-state index contributed by atoms with van der Waals surface area (Å²) in [5, 5.41) is 9.32. The van der Waals surface area contributed by atoms with Gasteiger partial charge in [0.25, 0.3) is 0 Å². The molecular formula is C14H15N5S. The highest BCUT2D eigenvalue weighted by Gasteiger charge is 2.17. The topological polar surface area (TPSA) is 88.5 Å². The van der Waals surface area contributed by atoms with Gasteiger partial charge in [0.05, 0.1) is 0 Å². The fourth-order valence-electron chi connectivity index (χ4n) is 2.32. The highest BCUT2D eigenvalue weighted by Crippen LogP contribution is 2.30. The summed E-state index contributed by atoms with van der Waals surface area (Å²) in [6.45, 7) is 0. The maximum Gasteiger partial charge on any atom is 0.125 e. The van der Waals surface area contributed by atoms with Crippen LogP contribution in [0.1, 0.15) is 29.7 Å². The molecule has 2 aromatic rings. The van der Waals surface area contributed by atoms with Crippen molar-refractivity contribution in [3.05, 3.63) is 41.5 Å². The van der Waals surface area contributed by atoms with Crippen molar-refractivity contribution in [1.82, 2.24) is 15.0 Å². The van der Waals surface area contributed by atoms with E-state index < -0.39 is 0 Å². The van der Waals surface area contributed by atoms with Crippen molar-refractivity contribution >= 4 is 17.6 Å². The summed E-state index contributed by atoms with van der Waals surface area (Å²) in [5.74, 6) is 0.0578. The second kappa shape index (κ2) is 5.58. The molecule has 0 unspecified atom stereocenters. The smallest absolute Gasteiger partial charge is 0.125 e. The third kappa shape index (κ3) is 2.65. The lowest BCUT2D eigenvalue weighted by atomic mass is 9.95. The molecule has 0 radical (unpaired) electrons. The average molecular weight is 285 g/mol. The average Bonchev–Trinajstić information content (AvgIpc) is 2.47. The molecule has 0 atom stereocenters. The SMILES string of the molecule is N=C(N)c1cc2c(nc1Sc1ccncn1)CCCC2. The van der Waals surface area contributed by atoms with Gasteiger partial charge in [0, 0.05) is 17.5 Å². The number of nitrogens with one attached hydrogen (secondary N) is 1. The first-order chi connectivity index (χ1) is 9.74. The number of aromatic nitrogens is 3. The van der Waals surface area contributed by atoms with Crippen LogP contribution in [-0.2, 0) is 12.8 Å². The minimum atomic E-state index is 0.0578. The van der Waals surface area contributed by atoms with Crippen LogP contribution in [0.5, 0.6) is 0 Å². The molecule has 20 heavy (non-hydrogen) atoms. The van der Waals surface area contributed by atoms with Gasteiger partial charge in [0.15, 0.2) is 0 Å². The summed E-state index contributed by atoms with van der Waals surface area (Å²) in [6, 6.07) is 3.85. The van der Waals surface area contributed by atoms with E-state index in [0.717, 1.165) is 28.6 Å². The van der Waals surface area contributed by atoms with Crippen molar-refractivity contribution in [3.8, 4) is 0 Å². The van der Waals surface area contributed by atoms with Gasteiger partial charge in [-0.05, 0) is 55.1 Å². The predicted molar refractivity (Wildman–Crippen MR) is 78.1 cm³/mol. The summed E-state index contributed by atoms with van der Waals surface area (Å²) in [6.07, 6.45) is 7.60. The number of nitrogens with zero attached hydrogens (tertiary/aromatic N) is 3. The molecule has 6 heteroatoms. The number of pyridine rings is 1. The van der Waals surface area contributed by atoms with Crippen LogP contribution in [0.2, 0.25) is 0 Å². The molecular weight excluding hydrogens is 270 g/mol. The Hall–Kier alpha value is -1.95. The van der Waals surface area contributed by atoms with E-state index in [1.54, 1.807) is 6.20 Å². The Balaban J connectivity index is 2.02. The molecule has 0 fully saturated rings. The van der Waals surface area contributed by atoms with Crippen LogP contribution in [0, 0.1) is 5.41 Å². The number of amidine groups is 1. The van der Waals surface area contributed by atoms with Crippen molar-refractivity contribution in [2.45, 2.75) is 35.7 Å². The first-order valence-corrected chi connectivity index (χ1v) is 7.37. The lowest BCUT2D eigenvalue weighted by Gasteiger charge is -2.17. The van der Waals surface area contributed by atoms with Gasteiger partial charge >= 0.3 is 0 Å². The Morgan fingerprint density at radius 1 is 1.30 bits per heavy atom. The fourth-order valence-corrected chi connectivity index (χ4v) is 3.18. The Labute approximate surface area is 121 Å². The number of hydrogen-bond donors (Lipinski definition) is 2. The minimum Gasteiger partial charge on any atom is -0.384 e. The van der Waals surface area contributed by atoms with Gasteiger partial charge in [-0.3, -0.25) is 5.41 Å². The number of nitrogens with two attached hydrogens (primary N) is 1. The van der Waals surface area contributed by atoms with Crippen molar-refractivity contribution in [1.29, 1.82) is 5.41 Å². The molecule has 2 aromatic heterocycles. The van der Waals surface area contributed by atoms with Gasteiger partial charge in [0.2, 0.25) is 0 Å². The zero-order chi connectivity index (χ0) is 13.9. The van der Waals surface area contributed by atoms with Gasteiger partial charge in [-0.1, -0.05) is 0 Å². The van der Waals surface area contributed by atoms with Crippen molar-refractivity contribution in [2.24, 2.45) is 5.73 Å². The minimum absolute atomic E-state index is 0.0578. The Kier molecular flexibility index (Phi) is 3.64. The molecule has 0 saturated heterocycles. The van der Waals surface area contributed by atoms with Gasteiger partial charge in [-0.2, -0.15) is 0 Å². The molecule has 102 valence electrons. The van der Waals surface area contributed by atoms with Gasteiger partial charge in [-0.15, -0.1) is 0 Å². The van der Waals surface area contributed by atoms with E-state index in [2.05, 4.69) is 9.97 Å². The zero-order valence-corrected chi connectivity index (χ0v) is 11.8. The Morgan fingerprint density at radius 2 is 2.15 bits per heavy atom. The number of fused-ring (bicyclic) bond motifs is 1. The summed E-state index contributed by atoms with van der Waals surface area (Å²) in [4.78, 5) is 12.8. The molecule has 0 bridgehead atoms. The first kappa shape index (κ1) is 13.1. The second-order valence-electron chi connectivity index (χ2n) is 4.72. The van der Waals surface area contributed by atoms with E-state index in [0.29, 0.717) is 5.56 Å². The van der Waals surface area contributed by atoms with E-state index in [9.17, 15) is 0 Å². The normalized spacial score (nSPS) is 13.8. The number of rotatable bonds is 3. The molecule has 1 aliphatic carbocycles. The van der Waals surface area contributed by atoms with Crippen LogP contribution in [0.15, 0.2) is 34.7 Å². The van der Waals surface area contributed by atoms with Crippen LogP contribution in [0.3, 0.4) is 0 Å². The van der Waals surface area contributed by atoms with Crippen molar-refractivity contribution in [2.75, 3.05) is 0 Å². The van der Waals surface area contributed by atoms with Gasteiger partial charge in [0.1, 0.15) is 22.2 Å². The molecule has 3 N–H and O–H groups in total. The predicted octanol–water partition coefficient (Wildman–Crippen LogP) is 2.19. The molecule has 3 rings (SSSR count). The maximum absolute atomic E-state index is 7.75. The lowest BCUT2D eigenvalue weighted by molar-refractivity contribution is 0.660. The van der Waals surface area contributed by atoms with Crippen LogP contribution in [0.4, 0.5) is 0 Å². The van der Waals surface area contributed by atoms with E-state index in [-0.39, 0.29) is 5.84 Å². The van der Waals surface area contributed by atoms with E-state index in [1.165, 1.54) is 36.5 Å². The summed E-state index contributed by atoms with van der Waals surface area (Å²) in [5.41, 5.74) is 8.77. The Bertz CT molecular complexity index is 642. The third-order valence-corrected chi connectivity index (χ3v) is 4.27. The highest BCUT2D eigenvalue weighted by molar-refractivity contribution is 7.99. The van der Waals surface area contributed by atoms with Crippen molar-refractivity contribution < 1.29 is 0 Å². The van der Waals surface area contributed by atoms with E-state index >= 15 is 0 Å². The highest BCUT2D eigenvalue weighted by atomic mass is 32.2. The van der Waals surface area contributed by atoms with Crippen LogP contribution >= 0.6 is 11.8 Å². The first-order valence-electron chi connectivity index (χ1n) is 6.55. The summed E-state index contributed by atoms with van der Waals surface area (Å²) >= 11 is 1.43. The molecule has 2 heterocycles. The molecule has 0 aromatic carbocycles. The maximum atomic E-state index is 7.75. The third-order valence-electron chi connectivity index (χ3n) is 3.31. The monoisotopic (exact) mass is 285 g/mol. The molecule has 1 aliphatic rings. The van der Waals surface area contributed by atoms with Gasteiger partial charge < -0.3 is 5.73 Å². The summed E-state index contributed by atoms with van der Waals surface area (Å²) < 4.78 is 0. The van der Waals surface area contributed by atoms with E-state index in [4.69, 9.17) is 16.1 Å². The molecule has 5 nitrogen and oxygen atoms in total. The van der Waals surface area contributed by atoms with Crippen LogP contribution in [0.25, 0.3) is 0 Å². The second-order valence-corrected chi connectivity index (χ2v) is 5.73. The molecule has 0 amide bonds. The number of nitrogen functional groups attached to an aromatic ring is 1. The molecule has 0 saturated carbocycles. The van der Waals surface area contributed by atoms with Crippen LogP contribution in [-0.4, -0.2) is 20.8 Å². The largest absolute Gasteiger partial charge is 0.384 e. The quantitative estimate of drug-likeness (QED) is 0.512. The van der Waals surface area contributed by atoms with Crippen molar-refractivity contribution in [3.63, 3.8) is 0 Å². The number of hydrogen-bond acceptors (Lipinski definition) is 5. The lowest BCUT2D eigenvalue weighted by Crippen LogP contribution is -2.16. The van der Waals surface area contributed by atoms with Crippen LogP contribution < -0.4 is 5.73 Å². The Morgan fingerprint density at radius 3 is 2.90 bits per heavy atom. The van der Waals surface area contributed by atoms with E-state index in [1.807, 2.05) is 12.1 Å². The fraction of sp³-hybridized carbons (Fsp3) is 0.286.